The molecule has 0 aliphatic rings. The van der Waals surface area contributed by atoms with Crippen LogP contribution in [0.1, 0.15) is 21.9 Å². The summed E-state index contributed by atoms with van der Waals surface area (Å²) in [7, 11) is 0. The van der Waals surface area contributed by atoms with Crippen LogP contribution in [0.15, 0.2) is 24.5 Å². The Labute approximate surface area is 109 Å². The van der Waals surface area contributed by atoms with Crippen molar-refractivity contribution in [2.45, 2.75) is 13.8 Å². The molecule has 0 spiro atoms. The van der Waals surface area contributed by atoms with Crippen LogP contribution in [-0.4, -0.2) is 20.9 Å². The van der Waals surface area contributed by atoms with E-state index in [4.69, 9.17) is 11.6 Å². The van der Waals surface area contributed by atoms with Gasteiger partial charge in [0.05, 0.1) is 23.8 Å². The van der Waals surface area contributed by atoms with E-state index in [1.165, 1.54) is 12.4 Å². The van der Waals surface area contributed by atoms with Crippen LogP contribution in [0.2, 0.25) is 5.15 Å². The Kier molecular flexibility index (Phi) is 3.53. The molecule has 1 N–H and O–H groups in total. The molecule has 0 bridgehead atoms. The maximum Gasteiger partial charge on any atom is 0.275 e. The molecule has 5 nitrogen and oxygen atoms in total. The molecule has 1 amide bonds. The molecule has 92 valence electrons. The molecule has 2 aromatic heterocycles. The summed E-state index contributed by atoms with van der Waals surface area (Å²) >= 11 is 5.68. The number of halogens is 1. The van der Waals surface area contributed by atoms with Gasteiger partial charge in [-0.15, -0.1) is 0 Å². The quantitative estimate of drug-likeness (QED) is 0.902. The summed E-state index contributed by atoms with van der Waals surface area (Å²) in [6.07, 6.45) is 2.73. The van der Waals surface area contributed by atoms with Crippen LogP contribution in [0.4, 0.5) is 5.69 Å². The minimum absolute atomic E-state index is 0.169. The van der Waals surface area contributed by atoms with E-state index in [2.05, 4.69) is 20.3 Å². The van der Waals surface area contributed by atoms with Crippen LogP contribution < -0.4 is 5.32 Å². The smallest absolute Gasteiger partial charge is 0.275 e. The zero-order chi connectivity index (χ0) is 13.1. The molecule has 2 rings (SSSR count). The zero-order valence-corrected chi connectivity index (χ0v) is 10.7. The van der Waals surface area contributed by atoms with Gasteiger partial charge in [-0.3, -0.25) is 14.8 Å². The van der Waals surface area contributed by atoms with E-state index in [0.717, 1.165) is 11.4 Å². The van der Waals surface area contributed by atoms with Gasteiger partial charge in [-0.2, -0.15) is 0 Å². The predicted octanol–water partition coefficient (Wildman–Crippen LogP) is 2.39. The highest BCUT2D eigenvalue weighted by atomic mass is 35.5. The number of aryl methyl sites for hydroxylation is 2. The molecule has 0 aromatic carbocycles. The van der Waals surface area contributed by atoms with Crippen LogP contribution >= 0.6 is 11.6 Å². The molecule has 6 heteroatoms. The van der Waals surface area contributed by atoms with Crippen molar-refractivity contribution in [1.29, 1.82) is 0 Å². The predicted molar refractivity (Wildman–Crippen MR) is 68.7 cm³/mol. The van der Waals surface area contributed by atoms with Crippen LogP contribution in [0, 0.1) is 13.8 Å². The molecular weight excluding hydrogens is 252 g/mol. The van der Waals surface area contributed by atoms with Crippen molar-refractivity contribution >= 4 is 23.2 Å². The van der Waals surface area contributed by atoms with Crippen LogP contribution in [0.25, 0.3) is 0 Å². The van der Waals surface area contributed by atoms with Crippen LogP contribution in [0.3, 0.4) is 0 Å². The van der Waals surface area contributed by atoms with E-state index < -0.39 is 0 Å². The van der Waals surface area contributed by atoms with Crippen molar-refractivity contribution in [3.05, 3.63) is 46.8 Å². The third-order valence-corrected chi connectivity index (χ3v) is 2.49. The summed E-state index contributed by atoms with van der Waals surface area (Å²) in [6, 6.07) is 3.62. The fourth-order valence-electron chi connectivity index (χ4n) is 1.46. The molecule has 0 aliphatic carbocycles. The summed E-state index contributed by atoms with van der Waals surface area (Å²) in [5.41, 5.74) is 2.46. The van der Waals surface area contributed by atoms with Gasteiger partial charge in [-0.25, -0.2) is 4.98 Å². The topological polar surface area (TPSA) is 67.8 Å². The van der Waals surface area contributed by atoms with Crippen molar-refractivity contribution in [2.24, 2.45) is 0 Å². The largest absolute Gasteiger partial charge is 0.319 e. The second-order valence-electron chi connectivity index (χ2n) is 3.77. The molecule has 0 fully saturated rings. The van der Waals surface area contributed by atoms with Gasteiger partial charge < -0.3 is 5.32 Å². The summed E-state index contributed by atoms with van der Waals surface area (Å²) in [5, 5.41) is 2.90. The summed E-state index contributed by atoms with van der Waals surface area (Å²) < 4.78 is 0. The normalized spacial score (nSPS) is 10.2. The first kappa shape index (κ1) is 12.4. The van der Waals surface area contributed by atoms with E-state index >= 15 is 0 Å². The lowest BCUT2D eigenvalue weighted by atomic mass is 10.2. The fraction of sp³-hybridized carbons (Fsp3) is 0.167. The maximum atomic E-state index is 11.9. The molecule has 2 aromatic rings. The Morgan fingerprint density at radius 1 is 1.22 bits per heavy atom. The minimum Gasteiger partial charge on any atom is -0.319 e. The second-order valence-corrected chi connectivity index (χ2v) is 4.15. The van der Waals surface area contributed by atoms with Gasteiger partial charge in [-0.1, -0.05) is 11.6 Å². The van der Waals surface area contributed by atoms with E-state index in [1.54, 1.807) is 6.07 Å². The molecule has 0 unspecified atom stereocenters. The van der Waals surface area contributed by atoms with E-state index in [9.17, 15) is 4.79 Å². The van der Waals surface area contributed by atoms with Crippen molar-refractivity contribution in [1.82, 2.24) is 15.0 Å². The first-order valence-electron chi connectivity index (χ1n) is 5.29. The van der Waals surface area contributed by atoms with Crippen molar-refractivity contribution in [3.8, 4) is 0 Å². The number of anilines is 1. The molecule has 0 saturated carbocycles. The molecule has 0 atom stereocenters. The average molecular weight is 263 g/mol. The molecule has 0 aliphatic heterocycles. The maximum absolute atomic E-state index is 11.9. The first-order chi connectivity index (χ1) is 8.56. The minimum atomic E-state index is -0.362. The number of pyridine rings is 1. The van der Waals surface area contributed by atoms with Crippen LogP contribution in [0.5, 0.6) is 0 Å². The third-order valence-electron chi connectivity index (χ3n) is 2.31. The fourth-order valence-corrected chi connectivity index (χ4v) is 1.60. The van der Waals surface area contributed by atoms with E-state index in [1.807, 2.05) is 19.9 Å². The average Bonchev–Trinajstić information content (AvgIpc) is 2.32. The zero-order valence-electron chi connectivity index (χ0n) is 9.94. The third kappa shape index (κ3) is 2.81. The van der Waals surface area contributed by atoms with Crippen LogP contribution in [-0.2, 0) is 0 Å². The van der Waals surface area contributed by atoms with Gasteiger partial charge in [0, 0.05) is 5.69 Å². The van der Waals surface area contributed by atoms with Gasteiger partial charge in [0.25, 0.3) is 5.91 Å². The molecule has 18 heavy (non-hydrogen) atoms. The Morgan fingerprint density at radius 2 is 2.00 bits per heavy atom. The van der Waals surface area contributed by atoms with Crippen molar-refractivity contribution < 1.29 is 4.79 Å². The molecule has 0 radical (unpaired) electrons. The summed E-state index contributed by atoms with van der Waals surface area (Å²) in [6.45, 7) is 3.72. The number of amides is 1. The second kappa shape index (κ2) is 5.10. The molecular formula is C12H11ClN4O. The molecule has 0 saturated heterocycles. The van der Waals surface area contributed by atoms with Gasteiger partial charge in [-0.05, 0) is 26.0 Å². The number of hydrogen-bond acceptors (Lipinski definition) is 4. The lowest BCUT2D eigenvalue weighted by Gasteiger charge is -2.07. The number of nitrogens with one attached hydrogen (secondary N) is 1. The van der Waals surface area contributed by atoms with Gasteiger partial charge in [0.15, 0.2) is 0 Å². The lowest BCUT2D eigenvalue weighted by Crippen LogP contribution is -2.15. The number of carbonyl (C=O) groups excluding carboxylic acids is 1. The number of aromatic nitrogens is 3. The number of rotatable bonds is 2. The first-order valence-corrected chi connectivity index (χ1v) is 5.67. The Balaban J connectivity index is 2.21. The number of carbonyl (C=O) groups is 1. The Morgan fingerprint density at radius 3 is 2.67 bits per heavy atom. The monoisotopic (exact) mass is 262 g/mol. The SMILES string of the molecule is Cc1ccc(NC(=O)c2cncc(Cl)n2)c(C)n1. The van der Waals surface area contributed by atoms with Gasteiger partial charge in [0.2, 0.25) is 0 Å². The number of nitrogens with zero attached hydrogens (tertiary/aromatic N) is 3. The standard InChI is InChI=1S/C12H11ClN4O/c1-7-3-4-9(8(2)15-7)17-12(18)10-5-14-6-11(13)16-10/h3-6H,1-2H3,(H,17,18). The lowest BCUT2D eigenvalue weighted by molar-refractivity contribution is 0.102. The summed E-state index contributed by atoms with van der Waals surface area (Å²) in [5.74, 6) is -0.362. The highest BCUT2D eigenvalue weighted by Crippen LogP contribution is 2.13. The number of hydrogen-bond donors (Lipinski definition) is 1. The Bertz CT molecular complexity index is 600. The summed E-state index contributed by atoms with van der Waals surface area (Å²) in [4.78, 5) is 23.9. The van der Waals surface area contributed by atoms with Crippen molar-refractivity contribution in [3.63, 3.8) is 0 Å². The van der Waals surface area contributed by atoms with Gasteiger partial charge >= 0.3 is 0 Å². The van der Waals surface area contributed by atoms with Crippen molar-refractivity contribution in [2.75, 3.05) is 5.32 Å². The molecule has 2 heterocycles. The van der Waals surface area contributed by atoms with E-state index in [-0.39, 0.29) is 16.8 Å². The highest BCUT2D eigenvalue weighted by molar-refractivity contribution is 6.29. The van der Waals surface area contributed by atoms with E-state index in [0.29, 0.717) is 5.69 Å². The van der Waals surface area contributed by atoms with Gasteiger partial charge in [0.1, 0.15) is 10.8 Å². The highest BCUT2D eigenvalue weighted by Gasteiger charge is 2.10. The Hall–Kier alpha value is -2.01.